The Balaban J connectivity index is 1.72. The first-order chi connectivity index (χ1) is 13.4. The van der Waals surface area contributed by atoms with E-state index in [9.17, 15) is 9.18 Å². The van der Waals surface area contributed by atoms with Gasteiger partial charge >= 0.3 is 5.97 Å². The van der Waals surface area contributed by atoms with Gasteiger partial charge in [0, 0.05) is 10.7 Å². The number of rotatable bonds is 6. The lowest BCUT2D eigenvalue weighted by atomic mass is 10.2. The number of benzene rings is 2. The number of carbonyl (C=O) groups is 1. The molecule has 0 aliphatic rings. The minimum absolute atomic E-state index is 0.0639. The van der Waals surface area contributed by atoms with Crippen molar-refractivity contribution in [1.29, 1.82) is 0 Å². The summed E-state index contributed by atoms with van der Waals surface area (Å²) in [6.07, 6.45) is 0. The SMILES string of the molecule is COc1ccc(Cl)cc1C(=O)OCc1nc(N)nc(Nc2ccc(F)cc2)n1. The van der Waals surface area contributed by atoms with Gasteiger partial charge in [-0.3, -0.25) is 0 Å². The van der Waals surface area contributed by atoms with Crippen LogP contribution in [-0.4, -0.2) is 28.0 Å². The number of nitrogens with one attached hydrogen (secondary N) is 1. The second-order valence-corrected chi connectivity index (χ2v) is 5.92. The van der Waals surface area contributed by atoms with E-state index in [0.29, 0.717) is 16.5 Å². The highest BCUT2D eigenvalue weighted by Crippen LogP contribution is 2.23. The number of hydrogen-bond acceptors (Lipinski definition) is 8. The van der Waals surface area contributed by atoms with Gasteiger partial charge in [-0.05, 0) is 42.5 Å². The second kappa shape index (κ2) is 8.49. The van der Waals surface area contributed by atoms with Gasteiger partial charge in [-0.25, -0.2) is 9.18 Å². The molecule has 3 aromatic rings. The Bertz CT molecular complexity index is 1000. The van der Waals surface area contributed by atoms with Crippen molar-refractivity contribution in [3.63, 3.8) is 0 Å². The fourth-order valence-corrected chi connectivity index (χ4v) is 2.44. The van der Waals surface area contributed by atoms with Crippen LogP contribution in [0.3, 0.4) is 0 Å². The Hall–Kier alpha value is -3.46. The third kappa shape index (κ3) is 4.83. The number of esters is 1. The lowest BCUT2D eigenvalue weighted by Crippen LogP contribution is -2.12. The molecular formula is C18H15ClFN5O3. The fourth-order valence-electron chi connectivity index (χ4n) is 2.27. The van der Waals surface area contributed by atoms with E-state index in [0.717, 1.165) is 0 Å². The molecule has 1 aromatic heterocycles. The summed E-state index contributed by atoms with van der Waals surface area (Å²) in [7, 11) is 1.43. The predicted molar refractivity (Wildman–Crippen MR) is 101 cm³/mol. The number of nitrogens with zero attached hydrogens (tertiary/aromatic N) is 3. The van der Waals surface area contributed by atoms with Crippen LogP contribution in [0.5, 0.6) is 5.75 Å². The Kier molecular flexibility index (Phi) is 5.85. The highest BCUT2D eigenvalue weighted by molar-refractivity contribution is 6.31. The van der Waals surface area contributed by atoms with Crippen LogP contribution in [0.1, 0.15) is 16.2 Å². The zero-order valence-electron chi connectivity index (χ0n) is 14.6. The average Bonchev–Trinajstić information content (AvgIpc) is 2.67. The summed E-state index contributed by atoms with van der Waals surface area (Å²) in [5.41, 5.74) is 6.40. The van der Waals surface area contributed by atoms with Crippen molar-refractivity contribution in [2.45, 2.75) is 6.61 Å². The van der Waals surface area contributed by atoms with Crippen LogP contribution >= 0.6 is 11.6 Å². The molecule has 0 radical (unpaired) electrons. The zero-order valence-corrected chi connectivity index (χ0v) is 15.4. The van der Waals surface area contributed by atoms with Gasteiger partial charge in [-0.1, -0.05) is 11.6 Å². The van der Waals surface area contributed by atoms with Crippen LogP contribution in [0.15, 0.2) is 42.5 Å². The number of carbonyl (C=O) groups excluding carboxylic acids is 1. The lowest BCUT2D eigenvalue weighted by molar-refractivity contribution is 0.0458. The Morgan fingerprint density at radius 3 is 2.64 bits per heavy atom. The molecule has 3 N–H and O–H groups in total. The van der Waals surface area contributed by atoms with Crippen molar-refractivity contribution < 1.29 is 18.7 Å². The Labute approximate surface area is 164 Å². The number of nitrogen functional groups attached to an aromatic ring is 1. The molecule has 28 heavy (non-hydrogen) atoms. The van der Waals surface area contributed by atoms with E-state index in [4.69, 9.17) is 26.8 Å². The van der Waals surface area contributed by atoms with Crippen LogP contribution in [0.4, 0.5) is 22.0 Å². The molecule has 0 aliphatic heterocycles. The average molecular weight is 404 g/mol. The molecule has 0 saturated carbocycles. The maximum Gasteiger partial charge on any atom is 0.342 e. The molecule has 8 nitrogen and oxygen atoms in total. The van der Waals surface area contributed by atoms with Crippen LogP contribution in [0.25, 0.3) is 0 Å². The van der Waals surface area contributed by atoms with Crippen LogP contribution in [0, 0.1) is 5.82 Å². The summed E-state index contributed by atoms with van der Waals surface area (Å²) in [5, 5.41) is 3.23. The van der Waals surface area contributed by atoms with E-state index in [2.05, 4.69) is 20.3 Å². The van der Waals surface area contributed by atoms with Crippen molar-refractivity contribution in [3.05, 3.63) is 64.7 Å². The molecule has 0 bridgehead atoms. The van der Waals surface area contributed by atoms with Crippen LogP contribution in [0.2, 0.25) is 5.02 Å². The van der Waals surface area contributed by atoms with E-state index in [1.165, 1.54) is 37.4 Å². The molecule has 0 amide bonds. The van der Waals surface area contributed by atoms with E-state index in [1.54, 1.807) is 12.1 Å². The monoisotopic (exact) mass is 403 g/mol. The molecule has 3 rings (SSSR count). The van der Waals surface area contributed by atoms with E-state index < -0.39 is 5.97 Å². The quantitative estimate of drug-likeness (QED) is 0.602. The molecular weight excluding hydrogens is 389 g/mol. The van der Waals surface area contributed by atoms with Gasteiger partial charge in [0.05, 0.1) is 7.11 Å². The molecule has 0 saturated heterocycles. The standard InChI is InChI=1S/C18H15ClFN5O3/c1-27-14-7-2-10(19)8-13(14)16(26)28-9-15-23-17(21)25-18(24-15)22-12-5-3-11(20)4-6-12/h2-8H,9H2,1H3,(H3,21,22,23,24,25). The molecule has 1 heterocycles. The van der Waals surface area contributed by atoms with Gasteiger partial charge in [0.2, 0.25) is 11.9 Å². The van der Waals surface area contributed by atoms with Gasteiger partial charge in [0.25, 0.3) is 0 Å². The fraction of sp³-hybridized carbons (Fsp3) is 0.111. The van der Waals surface area contributed by atoms with Gasteiger partial charge in [-0.2, -0.15) is 15.0 Å². The highest BCUT2D eigenvalue weighted by atomic mass is 35.5. The molecule has 0 aliphatic carbocycles. The number of ether oxygens (including phenoxy) is 2. The zero-order chi connectivity index (χ0) is 20.1. The third-order valence-corrected chi connectivity index (χ3v) is 3.75. The van der Waals surface area contributed by atoms with Crippen molar-refractivity contribution >= 4 is 35.2 Å². The number of halogens is 2. The third-order valence-electron chi connectivity index (χ3n) is 3.51. The van der Waals surface area contributed by atoms with Crippen molar-refractivity contribution in [1.82, 2.24) is 15.0 Å². The Morgan fingerprint density at radius 2 is 1.93 bits per heavy atom. The van der Waals surface area contributed by atoms with Gasteiger partial charge in [-0.15, -0.1) is 0 Å². The lowest BCUT2D eigenvalue weighted by Gasteiger charge is -2.10. The summed E-state index contributed by atoms with van der Waals surface area (Å²) < 4.78 is 23.3. The summed E-state index contributed by atoms with van der Waals surface area (Å²) >= 11 is 5.92. The maximum absolute atomic E-state index is 13.0. The molecule has 2 aromatic carbocycles. The first-order valence-electron chi connectivity index (χ1n) is 7.98. The molecule has 0 fully saturated rings. The summed E-state index contributed by atoms with van der Waals surface area (Å²) in [6, 6.07) is 10.2. The van der Waals surface area contributed by atoms with E-state index in [1.807, 2.05) is 0 Å². The second-order valence-electron chi connectivity index (χ2n) is 5.49. The molecule has 10 heteroatoms. The van der Waals surface area contributed by atoms with Crippen molar-refractivity contribution in [3.8, 4) is 5.75 Å². The summed E-state index contributed by atoms with van der Waals surface area (Å²) in [4.78, 5) is 24.3. The first-order valence-corrected chi connectivity index (χ1v) is 8.36. The summed E-state index contributed by atoms with van der Waals surface area (Å²) in [5.74, 6) is -0.512. The topological polar surface area (TPSA) is 112 Å². The largest absolute Gasteiger partial charge is 0.496 e. The van der Waals surface area contributed by atoms with Crippen LogP contribution in [-0.2, 0) is 11.3 Å². The van der Waals surface area contributed by atoms with Gasteiger partial charge in [0.15, 0.2) is 12.4 Å². The normalized spacial score (nSPS) is 10.4. The minimum Gasteiger partial charge on any atom is -0.496 e. The summed E-state index contributed by atoms with van der Waals surface area (Å²) in [6.45, 7) is -0.251. The van der Waals surface area contributed by atoms with E-state index >= 15 is 0 Å². The van der Waals surface area contributed by atoms with Gasteiger partial charge < -0.3 is 20.5 Å². The highest BCUT2D eigenvalue weighted by Gasteiger charge is 2.16. The molecule has 144 valence electrons. The number of nitrogens with two attached hydrogens (primary N) is 1. The Morgan fingerprint density at radius 1 is 1.18 bits per heavy atom. The van der Waals surface area contributed by atoms with Crippen molar-refractivity contribution in [2.75, 3.05) is 18.2 Å². The smallest absolute Gasteiger partial charge is 0.342 e. The maximum atomic E-state index is 13.0. The van der Waals surface area contributed by atoms with Gasteiger partial charge in [0.1, 0.15) is 17.1 Å². The molecule has 0 unspecified atom stereocenters. The first kappa shape index (κ1) is 19.3. The number of anilines is 3. The van der Waals surface area contributed by atoms with Crippen molar-refractivity contribution in [2.24, 2.45) is 0 Å². The molecule has 0 spiro atoms. The number of methoxy groups -OCH3 is 1. The van der Waals surface area contributed by atoms with Crippen LogP contribution < -0.4 is 15.8 Å². The predicted octanol–water partition coefficient (Wildman–Crippen LogP) is 3.36. The molecule has 0 atom stereocenters. The number of hydrogen-bond donors (Lipinski definition) is 2. The number of aromatic nitrogens is 3. The van der Waals surface area contributed by atoms with E-state index in [-0.39, 0.29) is 35.7 Å². The minimum atomic E-state index is -0.661.